The molecule has 2 heterocycles. The maximum atomic E-state index is 4.55. The van der Waals surface area contributed by atoms with Crippen molar-refractivity contribution in [3.05, 3.63) is 56.3 Å². The molecule has 2 nitrogen and oxygen atoms in total. The second-order valence-corrected chi connectivity index (χ2v) is 7.64. The second kappa shape index (κ2) is 5.78. The van der Waals surface area contributed by atoms with Gasteiger partial charge in [-0.15, -0.1) is 11.3 Å². The van der Waals surface area contributed by atoms with Crippen molar-refractivity contribution >= 4 is 43.9 Å². The number of para-hydroxylation sites is 1. The van der Waals surface area contributed by atoms with Gasteiger partial charge in [0, 0.05) is 31.9 Å². The predicted molar refractivity (Wildman–Crippen MR) is 95.3 cm³/mol. The molecule has 0 radical (unpaired) electrons. The first-order chi connectivity index (χ1) is 10.0. The molecule has 0 aliphatic heterocycles. The zero-order chi connectivity index (χ0) is 15.0. The lowest BCUT2D eigenvalue weighted by Crippen LogP contribution is -2.07. The van der Waals surface area contributed by atoms with Gasteiger partial charge in [-0.05, 0) is 60.5 Å². The molecule has 0 spiro atoms. The minimum absolute atomic E-state index is 0.269. The van der Waals surface area contributed by atoms with Gasteiger partial charge in [0.15, 0.2) is 0 Å². The molecule has 0 aliphatic rings. The average molecular weight is 361 g/mol. The molecule has 0 saturated carbocycles. The molecule has 1 N–H and O–H groups in total. The monoisotopic (exact) mass is 360 g/mol. The van der Waals surface area contributed by atoms with Gasteiger partial charge < -0.3 is 5.32 Å². The molecule has 0 aliphatic carbocycles. The maximum absolute atomic E-state index is 4.55. The van der Waals surface area contributed by atoms with Crippen LogP contribution in [-0.2, 0) is 0 Å². The number of rotatable bonds is 3. The van der Waals surface area contributed by atoms with E-state index >= 15 is 0 Å². The van der Waals surface area contributed by atoms with E-state index in [1.165, 1.54) is 15.3 Å². The number of aryl methyl sites for hydroxylation is 2. The Labute approximate surface area is 137 Å². The topological polar surface area (TPSA) is 24.9 Å². The Morgan fingerprint density at radius 2 is 2.05 bits per heavy atom. The number of thiophene rings is 1. The SMILES string of the molecule is Cc1cc(C(C)Nc2cccc3cc(Br)cnc23)c(C)s1. The number of hydrogen-bond acceptors (Lipinski definition) is 3. The van der Waals surface area contributed by atoms with Crippen LogP contribution in [0.3, 0.4) is 0 Å². The van der Waals surface area contributed by atoms with Gasteiger partial charge >= 0.3 is 0 Å². The van der Waals surface area contributed by atoms with Gasteiger partial charge in [0.1, 0.15) is 0 Å². The van der Waals surface area contributed by atoms with Crippen LogP contribution in [0.5, 0.6) is 0 Å². The maximum Gasteiger partial charge on any atom is 0.0934 e. The standard InChI is InChI=1S/C17H17BrN2S/c1-10-7-15(12(3)21-10)11(2)20-16-6-4-5-13-8-14(18)9-19-17(13)16/h4-9,11,20H,1-3H3. The van der Waals surface area contributed by atoms with E-state index in [9.17, 15) is 0 Å². The van der Waals surface area contributed by atoms with Crippen molar-refractivity contribution in [2.24, 2.45) is 0 Å². The quantitative estimate of drug-likeness (QED) is 0.633. The van der Waals surface area contributed by atoms with Crippen molar-refractivity contribution in [2.75, 3.05) is 5.32 Å². The number of pyridine rings is 1. The van der Waals surface area contributed by atoms with Crippen LogP contribution in [0, 0.1) is 13.8 Å². The number of nitrogens with one attached hydrogen (secondary N) is 1. The van der Waals surface area contributed by atoms with Crippen molar-refractivity contribution < 1.29 is 0 Å². The van der Waals surface area contributed by atoms with Crippen LogP contribution in [0.2, 0.25) is 0 Å². The number of aromatic nitrogens is 1. The summed E-state index contributed by atoms with van der Waals surface area (Å²) in [6.07, 6.45) is 1.85. The van der Waals surface area contributed by atoms with Crippen LogP contribution in [0.15, 0.2) is 41.0 Å². The lowest BCUT2D eigenvalue weighted by molar-refractivity contribution is 0.883. The zero-order valence-electron chi connectivity index (χ0n) is 12.3. The zero-order valence-corrected chi connectivity index (χ0v) is 14.7. The highest BCUT2D eigenvalue weighted by Crippen LogP contribution is 2.31. The smallest absolute Gasteiger partial charge is 0.0934 e. The summed E-state index contributed by atoms with van der Waals surface area (Å²) in [7, 11) is 0. The molecule has 0 amide bonds. The van der Waals surface area contributed by atoms with Crippen LogP contribution in [-0.4, -0.2) is 4.98 Å². The Morgan fingerprint density at radius 3 is 2.76 bits per heavy atom. The molecular weight excluding hydrogens is 344 g/mol. The Morgan fingerprint density at radius 1 is 1.24 bits per heavy atom. The van der Waals surface area contributed by atoms with Crippen molar-refractivity contribution in [3.8, 4) is 0 Å². The van der Waals surface area contributed by atoms with E-state index in [0.29, 0.717) is 0 Å². The lowest BCUT2D eigenvalue weighted by Gasteiger charge is -2.16. The summed E-state index contributed by atoms with van der Waals surface area (Å²) in [5.74, 6) is 0. The molecule has 108 valence electrons. The highest BCUT2D eigenvalue weighted by molar-refractivity contribution is 9.10. The normalized spacial score (nSPS) is 12.6. The van der Waals surface area contributed by atoms with E-state index < -0.39 is 0 Å². The fourth-order valence-electron chi connectivity index (χ4n) is 2.64. The summed E-state index contributed by atoms with van der Waals surface area (Å²) in [4.78, 5) is 7.28. The first-order valence-corrected chi connectivity index (χ1v) is 8.53. The van der Waals surface area contributed by atoms with Crippen molar-refractivity contribution in [3.63, 3.8) is 0 Å². The van der Waals surface area contributed by atoms with Crippen LogP contribution in [0.4, 0.5) is 5.69 Å². The van der Waals surface area contributed by atoms with Gasteiger partial charge in [0.25, 0.3) is 0 Å². The molecule has 1 unspecified atom stereocenters. The molecule has 0 fully saturated rings. The third-order valence-corrected chi connectivity index (χ3v) is 5.01. The molecule has 2 aromatic heterocycles. The summed E-state index contributed by atoms with van der Waals surface area (Å²) >= 11 is 5.33. The Hall–Kier alpha value is -1.39. The summed E-state index contributed by atoms with van der Waals surface area (Å²) in [5.41, 5.74) is 3.46. The summed E-state index contributed by atoms with van der Waals surface area (Å²) < 4.78 is 1.00. The van der Waals surface area contributed by atoms with Gasteiger partial charge in [-0.1, -0.05) is 12.1 Å². The molecule has 21 heavy (non-hydrogen) atoms. The van der Waals surface area contributed by atoms with Crippen molar-refractivity contribution in [1.29, 1.82) is 0 Å². The molecule has 0 saturated heterocycles. The molecule has 4 heteroatoms. The highest BCUT2D eigenvalue weighted by Gasteiger charge is 2.12. The Balaban J connectivity index is 1.96. The van der Waals surface area contributed by atoms with Gasteiger partial charge in [-0.25, -0.2) is 0 Å². The van der Waals surface area contributed by atoms with Crippen LogP contribution in [0.25, 0.3) is 10.9 Å². The third-order valence-electron chi connectivity index (χ3n) is 3.60. The van der Waals surface area contributed by atoms with Crippen molar-refractivity contribution in [2.45, 2.75) is 26.8 Å². The first kappa shape index (κ1) is 14.5. The van der Waals surface area contributed by atoms with E-state index in [2.05, 4.69) is 77.3 Å². The van der Waals surface area contributed by atoms with E-state index in [0.717, 1.165) is 21.1 Å². The van der Waals surface area contributed by atoms with Gasteiger partial charge in [0.2, 0.25) is 0 Å². The van der Waals surface area contributed by atoms with E-state index in [4.69, 9.17) is 0 Å². The van der Waals surface area contributed by atoms with Crippen molar-refractivity contribution in [1.82, 2.24) is 4.98 Å². The molecule has 1 aromatic carbocycles. The van der Waals surface area contributed by atoms with Gasteiger partial charge in [-0.3, -0.25) is 4.98 Å². The van der Waals surface area contributed by atoms with Crippen LogP contribution >= 0.6 is 27.3 Å². The number of anilines is 1. The molecule has 0 bridgehead atoms. The Kier molecular flexibility index (Phi) is 4.00. The summed E-state index contributed by atoms with van der Waals surface area (Å²) in [6, 6.07) is 10.9. The number of hydrogen-bond donors (Lipinski definition) is 1. The third kappa shape index (κ3) is 2.97. The predicted octanol–water partition coefficient (Wildman–Crippen LogP) is 5.85. The van der Waals surface area contributed by atoms with Crippen LogP contribution < -0.4 is 5.32 Å². The molecule has 3 rings (SSSR count). The summed E-state index contributed by atoms with van der Waals surface area (Å²) in [6.45, 7) is 6.54. The number of nitrogens with zero attached hydrogens (tertiary/aromatic N) is 1. The first-order valence-electron chi connectivity index (χ1n) is 6.92. The second-order valence-electron chi connectivity index (χ2n) is 5.27. The van der Waals surface area contributed by atoms with E-state index in [1.807, 2.05) is 17.5 Å². The average Bonchev–Trinajstić information content (AvgIpc) is 2.77. The largest absolute Gasteiger partial charge is 0.377 e. The van der Waals surface area contributed by atoms with Gasteiger partial charge in [-0.2, -0.15) is 0 Å². The van der Waals surface area contributed by atoms with Gasteiger partial charge in [0.05, 0.1) is 11.2 Å². The van der Waals surface area contributed by atoms with E-state index in [-0.39, 0.29) is 6.04 Å². The minimum Gasteiger partial charge on any atom is -0.377 e. The lowest BCUT2D eigenvalue weighted by atomic mass is 10.1. The number of fused-ring (bicyclic) bond motifs is 1. The minimum atomic E-state index is 0.269. The number of halogens is 1. The fourth-order valence-corrected chi connectivity index (χ4v) is 4.01. The highest BCUT2D eigenvalue weighted by atomic mass is 79.9. The number of benzene rings is 1. The molecular formula is C17H17BrN2S. The molecule has 3 aromatic rings. The summed E-state index contributed by atoms with van der Waals surface area (Å²) in [5, 5.41) is 4.74. The Bertz CT molecular complexity index is 795. The molecule has 1 atom stereocenters. The van der Waals surface area contributed by atoms with E-state index in [1.54, 1.807) is 0 Å². The van der Waals surface area contributed by atoms with Crippen LogP contribution in [0.1, 0.15) is 28.3 Å². The fraction of sp³-hybridized carbons (Fsp3) is 0.235.